The van der Waals surface area contributed by atoms with Gasteiger partial charge in [0.2, 0.25) is 10.0 Å². The van der Waals surface area contributed by atoms with Gasteiger partial charge in [-0.3, -0.25) is 4.79 Å². The summed E-state index contributed by atoms with van der Waals surface area (Å²) < 4.78 is 32.2. The molecule has 0 aromatic heterocycles. The second-order valence-electron chi connectivity index (χ2n) is 6.40. The fourth-order valence-corrected chi connectivity index (χ4v) is 4.36. The third-order valence-electron chi connectivity index (χ3n) is 4.49. The van der Waals surface area contributed by atoms with Gasteiger partial charge in [0.05, 0.1) is 4.90 Å². The van der Waals surface area contributed by atoms with Crippen molar-refractivity contribution in [3.05, 3.63) is 53.6 Å². The Bertz CT molecular complexity index is 905. The Morgan fingerprint density at radius 1 is 1.04 bits per heavy atom. The number of sulfonamides is 1. The summed E-state index contributed by atoms with van der Waals surface area (Å²) in [6.45, 7) is 8.11. The van der Waals surface area contributed by atoms with Gasteiger partial charge in [-0.2, -0.15) is 4.31 Å². The summed E-state index contributed by atoms with van der Waals surface area (Å²) in [5.74, 6) is 0.207. The van der Waals surface area contributed by atoms with Gasteiger partial charge in [-0.25, -0.2) is 8.42 Å². The maximum Gasteiger partial charge on any atom is 0.262 e. The summed E-state index contributed by atoms with van der Waals surface area (Å²) in [4.78, 5) is 12.3. The van der Waals surface area contributed by atoms with Crippen LogP contribution in [0.25, 0.3) is 0 Å². The summed E-state index contributed by atoms with van der Waals surface area (Å²) >= 11 is 0. The van der Waals surface area contributed by atoms with Gasteiger partial charge in [0.25, 0.3) is 5.91 Å². The van der Waals surface area contributed by atoms with E-state index in [1.807, 2.05) is 24.3 Å². The minimum atomic E-state index is -3.52. The van der Waals surface area contributed by atoms with Crippen molar-refractivity contribution in [3.63, 3.8) is 0 Å². The van der Waals surface area contributed by atoms with Gasteiger partial charge >= 0.3 is 0 Å². The zero-order chi connectivity index (χ0) is 20.7. The van der Waals surface area contributed by atoms with E-state index in [1.54, 1.807) is 32.9 Å². The highest BCUT2D eigenvalue weighted by molar-refractivity contribution is 7.89. The van der Waals surface area contributed by atoms with Crippen LogP contribution in [0.5, 0.6) is 5.75 Å². The number of hydrogen-bond acceptors (Lipinski definition) is 4. The van der Waals surface area contributed by atoms with Crippen LogP contribution in [0.4, 0.5) is 5.69 Å². The summed E-state index contributed by atoms with van der Waals surface area (Å²) in [5, 5.41) is 2.78. The maximum atomic E-state index is 12.6. The zero-order valence-corrected chi connectivity index (χ0v) is 17.7. The number of carbonyl (C=O) groups is 1. The van der Waals surface area contributed by atoms with Crippen LogP contribution < -0.4 is 10.1 Å². The van der Waals surface area contributed by atoms with Crippen molar-refractivity contribution in [2.75, 3.05) is 25.0 Å². The van der Waals surface area contributed by atoms with E-state index in [-0.39, 0.29) is 17.4 Å². The Labute approximate surface area is 167 Å². The van der Waals surface area contributed by atoms with Crippen molar-refractivity contribution in [3.8, 4) is 5.75 Å². The molecule has 7 heteroatoms. The highest BCUT2D eigenvalue weighted by Crippen LogP contribution is 2.24. The fraction of sp³-hybridized carbons (Fsp3) is 0.381. The first-order valence-electron chi connectivity index (χ1n) is 9.44. The Morgan fingerprint density at radius 2 is 1.68 bits per heavy atom. The van der Waals surface area contributed by atoms with E-state index in [0.717, 1.165) is 6.42 Å². The smallest absolute Gasteiger partial charge is 0.262 e. The molecule has 0 bridgehead atoms. The molecule has 1 amide bonds. The van der Waals surface area contributed by atoms with E-state index in [9.17, 15) is 13.2 Å². The van der Waals surface area contributed by atoms with Gasteiger partial charge < -0.3 is 10.1 Å². The molecule has 0 aliphatic heterocycles. The van der Waals surface area contributed by atoms with Crippen molar-refractivity contribution >= 4 is 21.6 Å². The van der Waals surface area contributed by atoms with Crippen LogP contribution in [0.2, 0.25) is 0 Å². The minimum Gasteiger partial charge on any atom is -0.483 e. The van der Waals surface area contributed by atoms with Gasteiger partial charge in [0.1, 0.15) is 5.75 Å². The Balaban J connectivity index is 2.01. The molecule has 0 heterocycles. The first kappa shape index (κ1) is 21.9. The van der Waals surface area contributed by atoms with Gasteiger partial charge in [0, 0.05) is 18.8 Å². The molecule has 0 unspecified atom stereocenters. The molecule has 0 atom stereocenters. The molecule has 0 spiro atoms. The molecule has 28 heavy (non-hydrogen) atoms. The number of amides is 1. The SMILES string of the molecule is CCc1ccc(NC(=O)COc2ccc(S(=O)(=O)N(CC)CC)cc2C)cc1. The number of anilines is 1. The molecule has 0 fully saturated rings. The normalized spacial score (nSPS) is 11.5. The molecule has 152 valence electrons. The van der Waals surface area contributed by atoms with Crippen molar-refractivity contribution in [2.45, 2.75) is 39.0 Å². The van der Waals surface area contributed by atoms with Crippen LogP contribution in [-0.4, -0.2) is 38.3 Å². The third kappa shape index (κ3) is 5.33. The summed E-state index contributed by atoms with van der Waals surface area (Å²) in [5.41, 5.74) is 2.57. The van der Waals surface area contributed by atoms with Crippen LogP contribution in [0, 0.1) is 6.92 Å². The van der Waals surface area contributed by atoms with E-state index in [2.05, 4.69) is 12.2 Å². The number of ether oxygens (including phenoxy) is 1. The lowest BCUT2D eigenvalue weighted by atomic mass is 10.1. The average molecular weight is 405 g/mol. The quantitative estimate of drug-likeness (QED) is 0.693. The molecule has 0 saturated heterocycles. The lowest BCUT2D eigenvalue weighted by molar-refractivity contribution is -0.118. The van der Waals surface area contributed by atoms with Crippen LogP contribution >= 0.6 is 0 Å². The predicted octanol–water partition coefficient (Wildman–Crippen LogP) is 3.61. The first-order valence-corrected chi connectivity index (χ1v) is 10.9. The highest BCUT2D eigenvalue weighted by Gasteiger charge is 2.22. The number of benzene rings is 2. The Morgan fingerprint density at radius 3 is 2.21 bits per heavy atom. The number of aryl methyl sites for hydroxylation is 2. The Hall–Kier alpha value is -2.38. The summed E-state index contributed by atoms with van der Waals surface area (Å²) in [6, 6.07) is 12.3. The fourth-order valence-electron chi connectivity index (χ4n) is 2.82. The van der Waals surface area contributed by atoms with Crippen LogP contribution in [0.15, 0.2) is 47.4 Å². The molecule has 2 aromatic carbocycles. The summed E-state index contributed by atoms with van der Waals surface area (Å²) in [7, 11) is -3.52. The van der Waals surface area contributed by atoms with E-state index in [1.165, 1.54) is 15.9 Å². The van der Waals surface area contributed by atoms with Crippen LogP contribution in [0.1, 0.15) is 31.9 Å². The number of hydrogen-bond donors (Lipinski definition) is 1. The molecule has 0 saturated carbocycles. The average Bonchev–Trinajstić information content (AvgIpc) is 2.68. The molecule has 0 aliphatic rings. The second kappa shape index (κ2) is 9.71. The number of carbonyl (C=O) groups excluding carboxylic acids is 1. The predicted molar refractivity (Wildman–Crippen MR) is 111 cm³/mol. The van der Waals surface area contributed by atoms with Gasteiger partial charge in [-0.1, -0.05) is 32.9 Å². The molecule has 0 radical (unpaired) electrons. The van der Waals surface area contributed by atoms with E-state index < -0.39 is 10.0 Å². The topological polar surface area (TPSA) is 75.7 Å². The van der Waals surface area contributed by atoms with E-state index >= 15 is 0 Å². The van der Waals surface area contributed by atoms with Gasteiger partial charge in [0.15, 0.2) is 6.61 Å². The molecule has 2 aromatic rings. The molecule has 6 nitrogen and oxygen atoms in total. The molecular formula is C21H28N2O4S. The van der Waals surface area contributed by atoms with Crippen molar-refractivity contribution in [1.82, 2.24) is 4.31 Å². The standard InChI is InChI=1S/C21H28N2O4S/c1-5-17-8-10-18(11-9-17)22-21(24)15-27-20-13-12-19(14-16(20)4)28(25,26)23(6-2)7-3/h8-14H,5-7,15H2,1-4H3,(H,22,24). The Kier molecular flexibility index (Phi) is 7.60. The van der Waals surface area contributed by atoms with Crippen LogP contribution in [0.3, 0.4) is 0 Å². The lowest BCUT2D eigenvalue weighted by Crippen LogP contribution is -2.30. The van der Waals surface area contributed by atoms with E-state index in [0.29, 0.717) is 30.1 Å². The van der Waals surface area contributed by atoms with Crippen molar-refractivity contribution in [2.24, 2.45) is 0 Å². The van der Waals surface area contributed by atoms with Crippen molar-refractivity contribution < 1.29 is 17.9 Å². The van der Waals surface area contributed by atoms with E-state index in [4.69, 9.17) is 4.74 Å². The molecular weight excluding hydrogens is 376 g/mol. The monoisotopic (exact) mass is 404 g/mol. The second-order valence-corrected chi connectivity index (χ2v) is 8.34. The number of nitrogens with zero attached hydrogens (tertiary/aromatic N) is 1. The minimum absolute atomic E-state index is 0.154. The molecule has 1 N–H and O–H groups in total. The van der Waals surface area contributed by atoms with Gasteiger partial charge in [-0.15, -0.1) is 0 Å². The number of rotatable bonds is 9. The molecule has 0 aliphatic carbocycles. The lowest BCUT2D eigenvalue weighted by Gasteiger charge is -2.19. The highest BCUT2D eigenvalue weighted by atomic mass is 32.2. The summed E-state index contributed by atoms with van der Waals surface area (Å²) in [6.07, 6.45) is 0.941. The molecule has 2 rings (SSSR count). The maximum absolute atomic E-state index is 12.6. The van der Waals surface area contributed by atoms with Crippen LogP contribution in [-0.2, 0) is 21.2 Å². The van der Waals surface area contributed by atoms with Gasteiger partial charge in [-0.05, 0) is 54.8 Å². The zero-order valence-electron chi connectivity index (χ0n) is 16.9. The van der Waals surface area contributed by atoms with Crippen molar-refractivity contribution in [1.29, 1.82) is 0 Å². The largest absolute Gasteiger partial charge is 0.483 e. The first-order chi connectivity index (χ1) is 13.3. The number of nitrogens with one attached hydrogen (secondary N) is 1. The third-order valence-corrected chi connectivity index (χ3v) is 6.54.